The average Bonchev–Trinajstić information content (AvgIpc) is 3.11. The van der Waals surface area contributed by atoms with E-state index in [0.29, 0.717) is 17.2 Å². The van der Waals surface area contributed by atoms with Gasteiger partial charge in [-0.25, -0.2) is 5.43 Å². The molecular weight excluding hydrogens is 424 g/mol. The van der Waals surface area contributed by atoms with Gasteiger partial charge in [-0.15, -0.1) is 0 Å². The second-order valence-electron chi connectivity index (χ2n) is 5.34. The lowest BCUT2D eigenvalue weighted by Gasteiger charge is -2.06. The van der Waals surface area contributed by atoms with Gasteiger partial charge >= 0.3 is 0 Å². The predicted molar refractivity (Wildman–Crippen MR) is 99.3 cm³/mol. The van der Waals surface area contributed by atoms with E-state index in [-0.39, 0.29) is 34.8 Å². The maximum atomic E-state index is 11.8. The highest BCUT2D eigenvalue weighted by Gasteiger charge is 2.14. The first-order valence-corrected chi connectivity index (χ1v) is 8.35. The largest absolute Gasteiger partial charge is 0.506 e. The number of nitro groups is 1. The van der Waals surface area contributed by atoms with Crippen molar-refractivity contribution in [1.29, 1.82) is 0 Å². The maximum Gasteiger partial charge on any atom is 0.271 e. The Morgan fingerprint density at radius 3 is 2.89 bits per heavy atom. The van der Waals surface area contributed by atoms with Crippen LogP contribution in [0.25, 0.3) is 0 Å². The third-order valence-electron chi connectivity index (χ3n) is 3.51. The normalized spacial score (nSPS) is 12.2. The lowest BCUT2D eigenvalue weighted by atomic mass is 10.2. The molecule has 2 aromatic carbocycles. The summed E-state index contributed by atoms with van der Waals surface area (Å²) in [7, 11) is 0. The molecule has 1 heterocycles. The van der Waals surface area contributed by atoms with Crippen LogP contribution in [0.4, 0.5) is 11.4 Å². The summed E-state index contributed by atoms with van der Waals surface area (Å²) in [5.41, 5.74) is 2.79. The molecule has 0 atom stereocenters. The quantitative estimate of drug-likeness (QED) is 0.359. The maximum absolute atomic E-state index is 11.8. The van der Waals surface area contributed by atoms with Crippen molar-refractivity contribution in [2.24, 2.45) is 5.10 Å². The van der Waals surface area contributed by atoms with Crippen molar-refractivity contribution in [2.75, 3.05) is 18.7 Å². The van der Waals surface area contributed by atoms with E-state index in [2.05, 4.69) is 31.8 Å². The third kappa shape index (κ3) is 4.44. The number of hydrogen-bond acceptors (Lipinski definition) is 8. The number of non-ortho nitro benzene ring substituents is 1. The Morgan fingerprint density at radius 1 is 1.33 bits per heavy atom. The van der Waals surface area contributed by atoms with Crippen LogP contribution in [0.3, 0.4) is 0 Å². The van der Waals surface area contributed by atoms with Crippen LogP contribution < -0.4 is 20.2 Å². The van der Waals surface area contributed by atoms with Crippen LogP contribution in [0.5, 0.6) is 17.2 Å². The van der Waals surface area contributed by atoms with Gasteiger partial charge in [0.2, 0.25) is 6.79 Å². The lowest BCUT2D eigenvalue weighted by Crippen LogP contribution is -2.25. The minimum atomic E-state index is -0.602. The zero-order valence-corrected chi connectivity index (χ0v) is 15.2. The molecule has 0 spiro atoms. The highest BCUT2D eigenvalue weighted by atomic mass is 79.9. The van der Waals surface area contributed by atoms with Crippen molar-refractivity contribution in [3.8, 4) is 17.2 Å². The van der Waals surface area contributed by atoms with Crippen molar-refractivity contribution in [3.05, 3.63) is 50.5 Å². The molecule has 0 unspecified atom stereocenters. The fourth-order valence-electron chi connectivity index (χ4n) is 2.21. The average molecular weight is 437 g/mol. The molecule has 0 aliphatic carbocycles. The Balaban J connectivity index is 1.57. The summed E-state index contributed by atoms with van der Waals surface area (Å²) in [5, 5.41) is 27.3. The Morgan fingerprint density at radius 2 is 2.11 bits per heavy atom. The molecule has 3 N–H and O–H groups in total. The zero-order valence-electron chi connectivity index (χ0n) is 13.6. The van der Waals surface area contributed by atoms with Gasteiger partial charge in [-0.2, -0.15) is 5.10 Å². The molecule has 0 radical (unpaired) electrons. The molecule has 0 aromatic heterocycles. The van der Waals surface area contributed by atoms with E-state index in [1.165, 1.54) is 6.07 Å². The van der Waals surface area contributed by atoms with Gasteiger partial charge < -0.3 is 19.9 Å². The molecule has 1 aliphatic rings. The molecule has 27 heavy (non-hydrogen) atoms. The summed E-state index contributed by atoms with van der Waals surface area (Å²) in [5.74, 6) is 0.549. The fourth-order valence-corrected chi connectivity index (χ4v) is 2.67. The molecule has 0 bridgehead atoms. The number of aromatic hydroxyl groups is 1. The number of halogens is 1. The van der Waals surface area contributed by atoms with Crippen molar-refractivity contribution in [3.63, 3.8) is 0 Å². The molecule has 0 fully saturated rings. The minimum absolute atomic E-state index is 0.0679. The number of amides is 1. The second kappa shape index (κ2) is 7.91. The van der Waals surface area contributed by atoms with Gasteiger partial charge in [0.15, 0.2) is 11.5 Å². The second-order valence-corrected chi connectivity index (χ2v) is 6.19. The van der Waals surface area contributed by atoms with Gasteiger partial charge in [-0.3, -0.25) is 14.9 Å². The van der Waals surface area contributed by atoms with E-state index >= 15 is 0 Å². The molecule has 3 rings (SSSR count). The first kappa shape index (κ1) is 18.5. The number of rotatable bonds is 6. The van der Waals surface area contributed by atoms with Crippen LogP contribution in [0, 0.1) is 10.1 Å². The monoisotopic (exact) mass is 436 g/mol. The number of nitro benzene ring substituents is 1. The van der Waals surface area contributed by atoms with Crippen LogP contribution in [0.15, 0.2) is 39.9 Å². The number of nitrogens with one attached hydrogen (secondary N) is 2. The standard InChI is InChI=1S/C16H13BrN4O6/c17-12-5-11(21(24)25)3-9(16(12)23)6-19-20-15(22)7-18-10-1-2-13-14(4-10)27-8-26-13/h1-6,18,23H,7-8H2,(H,20,22)/b19-6-. The summed E-state index contributed by atoms with van der Waals surface area (Å²) >= 11 is 3.03. The fraction of sp³-hybridized carbons (Fsp3) is 0.125. The summed E-state index contributed by atoms with van der Waals surface area (Å²) < 4.78 is 10.6. The van der Waals surface area contributed by atoms with E-state index in [1.807, 2.05) is 0 Å². The number of ether oxygens (including phenoxy) is 2. The highest BCUT2D eigenvalue weighted by molar-refractivity contribution is 9.10. The molecule has 11 heteroatoms. The van der Waals surface area contributed by atoms with Gasteiger partial charge in [0.05, 0.1) is 22.2 Å². The smallest absolute Gasteiger partial charge is 0.271 e. The molecule has 0 saturated carbocycles. The van der Waals surface area contributed by atoms with Gasteiger partial charge in [0.1, 0.15) is 5.75 Å². The lowest BCUT2D eigenvalue weighted by molar-refractivity contribution is -0.385. The highest BCUT2D eigenvalue weighted by Crippen LogP contribution is 2.34. The molecule has 1 amide bonds. The number of carbonyl (C=O) groups is 1. The summed E-state index contributed by atoms with van der Waals surface area (Å²) in [6, 6.07) is 7.48. The summed E-state index contributed by atoms with van der Waals surface area (Å²) in [6.07, 6.45) is 1.12. The van der Waals surface area contributed by atoms with Crippen molar-refractivity contribution in [1.82, 2.24) is 5.43 Å². The van der Waals surface area contributed by atoms with Gasteiger partial charge in [-0.05, 0) is 28.1 Å². The van der Waals surface area contributed by atoms with Gasteiger partial charge in [0, 0.05) is 29.4 Å². The van der Waals surface area contributed by atoms with E-state index < -0.39 is 10.8 Å². The molecule has 140 valence electrons. The summed E-state index contributed by atoms with van der Waals surface area (Å²) in [6.45, 7) is 0.0934. The van der Waals surface area contributed by atoms with Crippen molar-refractivity contribution < 1.29 is 24.3 Å². The van der Waals surface area contributed by atoms with Gasteiger partial charge in [-0.1, -0.05) is 0 Å². The Bertz CT molecular complexity index is 933. The van der Waals surface area contributed by atoms with Gasteiger partial charge in [0.25, 0.3) is 11.6 Å². The minimum Gasteiger partial charge on any atom is -0.506 e. The van der Waals surface area contributed by atoms with E-state index in [9.17, 15) is 20.0 Å². The number of carbonyl (C=O) groups excluding carboxylic acids is 1. The van der Waals surface area contributed by atoms with Crippen molar-refractivity contribution in [2.45, 2.75) is 0 Å². The van der Waals surface area contributed by atoms with Crippen LogP contribution >= 0.6 is 15.9 Å². The molecule has 1 aliphatic heterocycles. The molecular formula is C16H13BrN4O6. The zero-order chi connectivity index (χ0) is 19.4. The topological polar surface area (TPSA) is 135 Å². The first-order valence-electron chi connectivity index (χ1n) is 7.56. The number of fused-ring (bicyclic) bond motifs is 1. The van der Waals surface area contributed by atoms with E-state index in [4.69, 9.17) is 9.47 Å². The molecule has 2 aromatic rings. The Labute approximate surface area is 161 Å². The number of benzene rings is 2. The SMILES string of the molecule is O=C(CNc1ccc2c(c1)OCO2)N/N=C\c1cc([N+](=O)[O-])cc(Br)c1O. The van der Waals surface area contributed by atoms with Crippen LogP contribution in [-0.2, 0) is 4.79 Å². The molecule has 10 nitrogen and oxygen atoms in total. The Hall–Kier alpha value is -3.34. The van der Waals surface area contributed by atoms with Crippen LogP contribution in [0.1, 0.15) is 5.56 Å². The Kier molecular flexibility index (Phi) is 5.41. The first-order chi connectivity index (χ1) is 12.9. The number of phenolic OH excluding ortho intramolecular Hbond substituents is 1. The van der Waals surface area contributed by atoms with E-state index in [0.717, 1.165) is 12.3 Å². The van der Waals surface area contributed by atoms with Crippen LogP contribution in [0.2, 0.25) is 0 Å². The summed E-state index contributed by atoms with van der Waals surface area (Å²) in [4.78, 5) is 22.1. The predicted octanol–water partition coefficient (Wildman–Crippen LogP) is 2.35. The third-order valence-corrected chi connectivity index (χ3v) is 4.11. The molecule has 0 saturated heterocycles. The van der Waals surface area contributed by atoms with Crippen LogP contribution in [-0.4, -0.2) is 35.5 Å². The number of phenols is 1. The number of nitrogens with zero attached hydrogens (tertiary/aromatic N) is 2. The van der Waals surface area contributed by atoms with Crippen molar-refractivity contribution >= 4 is 39.4 Å². The van der Waals surface area contributed by atoms with E-state index in [1.54, 1.807) is 18.2 Å². The number of hydrogen-bond donors (Lipinski definition) is 3. The number of anilines is 1. The number of hydrazone groups is 1.